The molecule has 4 nitrogen and oxygen atoms in total. The molecule has 1 N–H and O–H groups in total. The summed E-state index contributed by atoms with van der Waals surface area (Å²) in [6.07, 6.45) is -2.71. The number of fused-ring (bicyclic) bond motifs is 1. The zero-order valence-electron chi connectivity index (χ0n) is 11.3. The fraction of sp³-hybridized carbons (Fsp3) is 0.0667. The average Bonchev–Trinajstić information content (AvgIpc) is 2.93. The van der Waals surface area contributed by atoms with Crippen molar-refractivity contribution in [2.45, 2.75) is 6.43 Å². The monoisotopic (exact) mass is 400 g/mol. The first kappa shape index (κ1) is 15.9. The Labute approximate surface area is 142 Å². The summed E-state index contributed by atoms with van der Waals surface area (Å²) in [4.78, 5) is 18.4. The summed E-state index contributed by atoms with van der Waals surface area (Å²) in [5, 5.41) is 0.495. The number of nitrogens with zero attached hydrogens (tertiary/aromatic N) is 1. The summed E-state index contributed by atoms with van der Waals surface area (Å²) < 4.78 is 31.0. The number of imidazole rings is 1. The van der Waals surface area contributed by atoms with Crippen LogP contribution in [0.1, 0.15) is 22.6 Å². The molecule has 0 atom stereocenters. The summed E-state index contributed by atoms with van der Waals surface area (Å²) in [6.45, 7) is 0. The van der Waals surface area contributed by atoms with Crippen molar-refractivity contribution in [1.82, 2.24) is 9.97 Å². The van der Waals surface area contributed by atoms with Crippen LogP contribution in [0.5, 0.6) is 5.75 Å². The summed E-state index contributed by atoms with van der Waals surface area (Å²) in [5.41, 5.74) is 0.901. The van der Waals surface area contributed by atoms with E-state index in [0.29, 0.717) is 26.3 Å². The van der Waals surface area contributed by atoms with Gasteiger partial charge < -0.3 is 9.72 Å². The number of nitrogens with one attached hydrogen (secondary N) is 1. The Morgan fingerprint density at radius 2 is 2.04 bits per heavy atom. The average molecular weight is 402 g/mol. The fourth-order valence-electron chi connectivity index (χ4n) is 1.98. The molecule has 0 aliphatic heterocycles. The lowest BCUT2D eigenvalue weighted by atomic mass is 10.2. The normalized spacial score (nSPS) is 11.2. The molecule has 3 rings (SSSR count). The molecular formula is C15H8BrClF2N2O2. The molecule has 0 spiro atoms. The van der Waals surface area contributed by atoms with Crippen molar-refractivity contribution in [1.29, 1.82) is 0 Å². The highest BCUT2D eigenvalue weighted by Crippen LogP contribution is 2.29. The predicted octanol–water partition coefficient (Wildman–Crippen LogP) is 5.14. The molecule has 0 unspecified atom stereocenters. The highest BCUT2D eigenvalue weighted by Gasteiger charge is 2.16. The molecule has 0 bridgehead atoms. The van der Waals surface area contributed by atoms with Crippen LogP contribution >= 0.6 is 27.5 Å². The zero-order chi connectivity index (χ0) is 16.6. The number of aromatic nitrogens is 2. The number of H-pyrrole nitrogens is 1. The van der Waals surface area contributed by atoms with Gasteiger partial charge in [-0.05, 0) is 52.3 Å². The van der Waals surface area contributed by atoms with E-state index in [1.807, 2.05) is 0 Å². The van der Waals surface area contributed by atoms with Gasteiger partial charge in [0.05, 0.1) is 21.1 Å². The van der Waals surface area contributed by atoms with E-state index in [2.05, 4.69) is 25.9 Å². The van der Waals surface area contributed by atoms with Gasteiger partial charge in [-0.3, -0.25) is 0 Å². The number of aromatic amines is 1. The molecule has 0 saturated carbocycles. The van der Waals surface area contributed by atoms with Crippen LogP contribution in [-0.4, -0.2) is 15.9 Å². The van der Waals surface area contributed by atoms with Crippen LogP contribution < -0.4 is 4.74 Å². The maximum atomic E-state index is 12.6. The Morgan fingerprint density at radius 1 is 1.26 bits per heavy atom. The molecule has 0 fully saturated rings. The minimum absolute atomic E-state index is 0.212. The third kappa shape index (κ3) is 3.35. The van der Waals surface area contributed by atoms with Crippen molar-refractivity contribution in [3.8, 4) is 5.75 Å². The Kier molecular flexibility index (Phi) is 4.32. The first-order valence-corrected chi connectivity index (χ1v) is 7.56. The Morgan fingerprint density at radius 3 is 2.74 bits per heavy atom. The van der Waals surface area contributed by atoms with Gasteiger partial charge in [0.25, 0.3) is 6.43 Å². The Hall–Kier alpha value is -1.99. The van der Waals surface area contributed by atoms with Crippen LogP contribution in [0.2, 0.25) is 5.02 Å². The topological polar surface area (TPSA) is 55.0 Å². The van der Waals surface area contributed by atoms with Crippen molar-refractivity contribution in [2.75, 3.05) is 0 Å². The van der Waals surface area contributed by atoms with E-state index < -0.39 is 18.2 Å². The molecule has 0 saturated heterocycles. The molecule has 0 amide bonds. The number of ether oxygens (including phenoxy) is 1. The van der Waals surface area contributed by atoms with Crippen LogP contribution in [-0.2, 0) is 0 Å². The number of hydrogen-bond donors (Lipinski definition) is 1. The van der Waals surface area contributed by atoms with Gasteiger partial charge in [0.1, 0.15) is 5.75 Å². The van der Waals surface area contributed by atoms with E-state index in [1.54, 1.807) is 18.2 Å². The van der Waals surface area contributed by atoms with E-state index in [0.717, 1.165) is 0 Å². The second-order valence-electron chi connectivity index (χ2n) is 4.62. The summed E-state index contributed by atoms with van der Waals surface area (Å²) in [7, 11) is 0. The van der Waals surface area contributed by atoms with E-state index in [-0.39, 0.29) is 5.56 Å². The largest absolute Gasteiger partial charge is 0.422 e. The molecule has 23 heavy (non-hydrogen) atoms. The van der Waals surface area contributed by atoms with E-state index >= 15 is 0 Å². The van der Waals surface area contributed by atoms with Gasteiger partial charge >= 0.3 is 5.97 Å². The van der Waals surface area contributed by atoms with Gasteiger partial charge in [-0.1, -0.05) is 11.6 Å². The number of halogens is 4. The summed E-state index contributed by atoms with van der Waals surface area (Å²) >= 11 is 9.07. The van der Waals surface area contributed by atoms with E-state index in [4.69, 9.17) is 16.3 Å². The molecule has 0 aliphatic carbocycles. The van der Waals surface area contributed by atoms with Gasteiger partial charge in [0.2, 0.25) is 0 Å². The lowest BCUT2D eigenvalue weighted by Crippen LogP contribution is -2.08. The fourth-order valence-corrected chi connectivity index (χ4v) is 2.74. The Balaban J connectivity index is 1.88. The van der Waals surface area contributed by atoms with Gasteiger partial charge in [0, 0.05) is 5.02 Å². The minimum atomic E-state index is -2.71. The van der Waals surface area contributed by atoms with Gasteiger partial charge in [-0.15, -0.1) is 0 Å². The molecule has 2 aromatic carbocycles. The third-order valence-corrected chi connectivity index (χ3v) is 3.89. The van der Waals surface area contributed by atoms with E-state index in [9.17, 15) is 13.6 Å². The summed E-state index contributed by atoms with van der Waals surface area (Å²) in [6, 6.07) is 9.09. The number of carbonyl (C=O) groups is 1. The van der Waals surface area contributed by atoms with Crippen LogP contribution in [0.25, 0.3) is 11.0 Å². The van der Waals surface area contributed by atoms with Crippen LogP contribution in [0.15, 0.2) is 40.9 Å². The number of rotatable bonds is 3. The lowest BCUT2D eigenvalue weighted by Gasteiger charge is -2.06. The third-order valence-electron chi connectivity index (χ3n) is 3.04. The number of benzene rings is 2. The van der Waals surface area contributed by atoms with Crippen LogP contribution in [0, 0.1) is 0 Å². The van der Waals surface area contributed by atoms with Crippen molar-refractivity contribution in [2.24, 2.45) is 0 Å². The van der Waals surface area contributed by atoms with Crippen LogP contribution in [0.3, 0.4) is 0 Å². The standard InChI is InChI=1S/C15H8BrClF2N2O2/c16-9-6-8(17)2-4-12(9)23-15(22)7-1-3-10-11(5-7)21-14(20-10)13(18)19/h1-6,13H,(H,20,21). The van der Waals surface area contributed by atoms with Crippen molar-refractivity contribution in [3.63, 3.8) is 0 Å². The SMILES string of the molecule is O=C(Oc1ccc(Cl)cc1Br)c1ccc2nc(C(F)F)[nH]c2c1. The van der Waals surface area contributed by atoms with Gasteiger partial charge in [-0.25, -0.2) is 18.6 Å². The number of hydrogen-bond acceptors (Lipinski definition) is 3. The molecule has 0 aliphatic rings. The minimum Gasteiger partial charge on any atom is -0.422 e. The molecule has 1 aromatic heterocycles. The second kappa shape index (κ2) is 6.25. The summed E-state index contributed by atoms with van der Waals surface area (Å²) in [5.74, 6) is -0.758. The smallest absolute Gasteiger partial charge is 0.343 e. The highest BCUT2D eigenvalue weighted by molar-refractivity contribution is 9.10. The highest BCUT2D eigenvalue weighted by atomic mass is 79.9. The molecule has 1 heterocycles. The first-order chi connectivity index (χ1) is 10.9. The second-order valence-corrected chi connectivity index (χ2v) is 5.91. The number of esters is 1. The lowest BCUT2D eigenvalue weighted by molar-refractivity contribution is 0.0733. The first-order valence-electron chi connectivity index (χ1n) is 6.39. The van der Waals surface area contributed by atoms with Gasteiger partial charge in [0.15, 0.2) is 5.82 Å². The Bertz CT molecular complexity index is 898. The zero-order valence-corrected chi connectivity index (χ0v) is 13.7. The van der Waals surface area contributed by atoms with Crippen molar-refractivity contribution >= 4 is 44.5 Å². The molecular weight excluding hydrogens is 394 g/mol. The van der Waals surface area contributed by atoms with E-state index in [1.165, 1.54) is 18.2 Å². The van der Waals surface area contributed by atoms with Crippen molar-refractivity contribution in [3.05, 3.63) is 57.3 Å². The number of alkyl halides is 2. The number of carbonyl (C=O) groups excluding carboxylic acids is 1. The predicted molar refractivity (Wildman–Crippen MR) is 85.2 cm³/mol. The van der Waals surface area contributed by atoms with Gasteiger partial charge in [-0.2, -0.15) is 0 Å². The van der Waals surface area contributed by atoms with Crippen LogP contribution in [0.4, 0.5) is 8.78 Å². The quantitative estimate of drug-likeness (QED) is 0.489. The van der Waals surface area contributed by atoms with Crippen molar-refractivity contribution < 1.29 is 18.3 Å². The molecule has 8 heteroatoms. The maximum Gasteiger partial charge on any atom is 0.343 e. The molecule has 0 radical (unpaired) electrons. The molecule has 118 valence electrons. The maximum absolute atomic E-state index is 12.6. The molecule has 3 aromatic rings.